The van der Waals surface area contributed by atoms with Gasteiger partial charge in [0.1, 0.15) is 4.88 Å². The van der Waals surface area contributed by atoms with Gasteiger partial charge in [0.25, 0.3) is 15.9 Å². The van der Waals surface area contributed by atoms with Crippen molar-refractivity contribution in [3.05, 3.63) is 70.7 Å². The van der Waals surface area contributed by atoms with Gasteiger partial charge in [-0.3, -0.25) is 9.10 Å². The standard InChI is InChI=1S/C21H23N3O3S2/c1-21(2,3)20-22-14-18(28-20)19(25)23-15-9-8-12-17(13-15)29(26,27)24(4)16-10-6-5-7-11-16/h5-14H,1-4H3,(H,23,25). The van der Waals surface area contributed by atoms with E-state index in [-0.39, 0.29) is 16.2 Å². The van der Waals surface area contributed by atoms with E-state index in [4.69, 9.17) is 0 Å². The molecular weight excluding hydrogens is 406 g/mol. The molecule has 1 aromatic heterocycles. The third kappa shape index (κ3) is 4.65. The van der Waals surface area contributed by atoms with E-state index in [0.717, 1.165) is 5.01 Å². The lowest BCUT2D eigenvalue weighted by Crippen LogP contribution is -2.26. The van der Waals surface area contributed by atoms with E-state index >= 15 is 0 Å². The summed E-state index contributed by atoms with van der Waals surface area (Å²) in [6.45, 7) is 6.10. The Balaban J connectivity index is 1.82. The van der Waals surface area contributed by atoms with Crippen molar-refractivity contribution in [3.63, 3.8) is 0 Å². The smallest absolute Gasteiger partial charge is 0.267 e. The van der Waals surface area contributed by atoms with E-state index < -0.39 is 10.0 Å². The maximum atomic E-state index is 13.0. The molecule has 0 aliphatic rings. The number of carbonyl (C=O) groups is 1. The van der Waals surface area contributed by atoms with Crippen molar-refractivity contribution < 1.29 is 13.2 Å². The maximum Gasteiger partial charge on any atom is 0.267 e. The van der Waals surface area contributed by atoms with Crippen LogP contribution in [0.15, 0.2) is 65.7 Å². The molecule has 2 aromatic carbocycles. The molecule has 1 heterocycles. The Bertz CT molecular complexity index is 1120. The van der Waals surface area contributed by atoms with Crippen molar-refractivity contribution in [1.82, 2.24) is 4.98 Å². The summed E-state index contributed by atoms with van der Waals surface area (Å²) < 4.78 is 27.1. The molecule has 29 heavy (non-hydrogen) atoms. The van der Waals surface area contributed by atoms with Crippen molar-refractivity contribution in [2.45, 2.75) is 31.1 Å². The molecule has 3 aromatic rings. The molecule has 0 unspecified atom stereocenters. The molecule has 0 saturated carbocycles. The number of amides is 1. The van der Waals surface area contributed by atoms with E-state index in [1.54, 1.807) is 42.6 Å². The second-order valence-corrected chi connectivity index (χ2v) is 10.6. The van der Waals surface area contributed by atoms with Crippen molar-refractivity contribution >= 4 is 38.6 Å². The van der Waals surface area contributed by atoms with Gasteiger partial charge in [-0.15, -0.1) is 11.3 Å². The molecule has 0 saturated heterocycles. The summed E-state index contributed by atoms with van der Waals surface area (Å²) in [5.41, 5.74) is 0.823. The molecule has 0 spiro atoms. The molecule has 0 radical (unpaired) electrons. The molecule has 152 valence electrons. The second kappa shape index (κ2) is 7.96. The molecular formula is C21H23N3O3S2. The fourth-order valence-electron chi connectivity index (χ4n) is 2.59. The zero-order chi connectivity index (χ0) is 21.2. The van der Waals surface area contributed by atoms with Gasteiger partial charge in [0.15, 0.2) is 0 Å². The van der Waals surface area contributed by atoms with Crippen LogP contribution < -0.4 is 9.62 Å². The number of hydrogen-bond donors (Lipinski definition) is 1. The lowest BCUT2D eigenvalue weighted by molar-refractivity contribution is 0.103. The number of benzene rings is 2. The van der Waals surface area contributed by atoms with E-state index in [1.807, 2.05) is 26.8 Å². The minimum atomic E-state index is -3.76. The SMILES string of the molecule is CN(c1ccccc1)S(=O)(=O)c1cccc(NC(=O)c2cnc(C(C)(C)C)s2)c1. The predicted molar refractivity (Wildman–Crippen MR) is 117 cm³/mol. The molecule has 1 N–H and O–H groups in total. The van der Waals surface area contributed by atoms with Crippen LogP contribution >= 0.6 is 11.3 Å². The normalized spacial score (nSPS) is 11.9. The largest absolute Gasteiger partial charge is 0.321 e. The Kier molecular flexibility index (Phi) is 5.77. The first-order valence-corrected chi connectivity index (χ1v) is 11.3. The number of nitrogens with one attached hydrogen (secondary N) is 1. The molecule has 0 bridgehead atoms. The maximum absolute atomic E-state index is 13.0. The zero-order valence-electron chi connectivity index (χ0n) is 16.7. The van der Waals surface area contributed by atoms with Gasteiger partial charge in [0, 0.05) is 18.2 Å². The van der Waals surface area contributed by atoms with Gasteiger partial charge in [0.2, 0.25) is 0 Å². The zero-order valence-corrected chi connectivity index (χ0v) is 18.3. The Hall–Kier alpha value is -2.71. The monoisotopic (exact) mass is 429 g/mol. The molecule has 0 fully saturated rings. The van der Waals surface area contributed by atoms with E-state index in [9.17, 15) is 13.2 Å². The highest BCUT2D eigenvalue weighted by Gasteiger charge is 2.23. The fraction of sp³-hybridized carbons (Fsp3) is 0.238. The van der Waals surface area contributed by atoms with Gasteiger partial charge in [-0.05, 0) is 30.3 Å². The second-order valence-electron chi connectivity index (χ2n) is 7.57. The summed E-state index contributed by atoms with van der Waals surface area (Å²) >= 11 is 1.33. The minimum absolute atomic E-state index is 0.0985. The minimum Gasteiger partial charge on any atom is -0.321 e. The average Bonchev–Trinajstić information content (AvgIpc) is 3.19. The van der Waals surface area contributed by atoms with E-state index in [2.05, 4.69) is 10.3 Å². The third-order valence-electron chi connectivity index (χ3n) is 4.24. The molecule has 6 nitrogen and oxygen atoms in total. The third-order valence-corrected chi connectivity index (χ3v) is 7.44. The van der Waals surface area contributed by atoms with Crippen molar-refractivity contribution in [2.24, 2.45) is 0 Å². The van der Waals surface area contributed by atoms with Crippen LogP contribution in [-0.2, 0) is 15.4 Å². The highest BCUT2D eigenvalue weighted by Crippen LogP contribution is 2.28. The van der Waals surface area contributed by atoms with Crippen LogP contribution in [0, 0.1) is 0 Å². The molecule has 3 rings (SSSR count). The Morgan fingerprint density at radius 2 is 1.76 bits per heavy atom. The number of rotatable bonds is 5. The molecule has 0 aliphatic heterocycles. The first-order chi connectivity index (χ1) is 13.6. The van der Waals surface area contributed by atoms with Crippen molar-refractivity contribution in [1.29, 1.82) is 0 Å². The number of thiazole rings is 1. The first kappa shape index (κ1) is 21.0. The Morgan fingerprint density at radius 3 is 2.38 bits per heavy atom. The van der Waals surface area contributed by atoms with Gasteiger partial charge >= 0.3 is 0 Å². The number of anilines is 2. The van der Waals surface area contributed by atoms with Crippen molar-refractivity contribution in [2.75, 3.05) is 16.7 Å². The van der Waals surface area contributed by atoms with Crippen molar-refractivity contribution in [3.8, 4) is 0 Å². The van der Waals surface area contributed by atoms with Crippen LogP contribution in [0.2, 0.25) is 0 Å². The lowest BCUT2D eigenvalue weighted by Gasteiger charge is -2.19. The average molecular weight is 430 g/mol. The molecule has 0 aliphatic carbocycles. The summed E-state index contributed by atoms with van der Waals surface area (Å²) in [4.78, 5) is 17.5. The summed E-state index contributed by atoms with van der Waals surface area (Å²) in [6.07, 6.45) is 1.55. The van der Waals surface area contributed by atoms with Gasteiger partial charge in [-0.25, -0.2) is 13.4 Å². The quantitative estimate of drug-likeness (QED) is 0.647. The topological polar surface area (TPSA) is 79.4 Å². The Morgan fingerprint density at radius 1 is 1.07 bits per heavy atom. The van der Waals surface area contributed by atoms with Gasteiger partial charge in [-0.2, -0.15) is 0 Å². The Labute approximate surface area is 175 Å². The lowest BCUT2D eigenvalue weighted by atomic mass is 9.98. The van der Waals surface area contributed by atoms with Crippen LogP contribution in [0.25, 0.3) is 0 Å². The summed E-state index contributed by atoms with van der Waals surface area (Å²) in [5, 5.41) is 3.63. The number of hydrogen-bond acceptors (Lipinski definition) is 5. The van der Waals surface area contributed by atoms with E-state index in [1.165, 1.54) is 34.8 Å². The van der Waals surface area contributed by atoms with Gasteiger partial charge in [0.05, 0.1) is 21.8 Å². The predicted octanol–water partition coefficient (Wildman–Crippen LogP) is 4.52. The fourth-order valence-corrected chi connectivity index (χ4v) is 4.70. The van der Waals surface area contributed by atoms with E-state index in [0.29, 0.717) is 16.3 Å². The molecule has 0 atom stereocenters. The first-order valence-electron chi connectivity index (χ1n) is 9.01. The molecule has 1 amide bonds. The number of para-hydroxylation sites is 1. The van der Waals surface area contributed by atoms with Gasteiger partial charge < -0.3 is 5.32 Å². The van der Waals surface area contributed by atoms with Crippen LogP contribution in [-0.4, -0.2) is 26.4 Å². The van der Waals surface area contributed by atoms with Crippen LogP contribution in [0.5, 0.6) is 0 Å². The highest BCUT2D eigenvalue weighted by molar-refractivity contribution is 7.92. The van der Waals surface area contributed by atoms with Crippen LogP contribution in [0.4, 0.5) is 11.4 Å². The summed E-state index contributed by atoms with van der Waals surface area (Å²) in [7, 11) is -2.26. The summed E-state index contributed by atoms with van der Waals surface area (Å²) in [6, 6.07) is 15.1. The number of sulfonamides is 1. The number of nitrogens with zero attached hydrogens (tertiary/aromatic N) is 2. The summed E-state index contributed by atoms with van der Waals surface area (Å²) in [5.74, 6) is -0.316. The highest BCUT2D eigenvalue weighted by atomic mass is 32.2. The van der Waals surface area contributed by atoms with Crippen LogP contribution in [0.3, 0.4) is 0 Å². The number of carbonyl (C=O) groups excluding carboxylic acids is 1. The van der Waals surface area contributed by atoms with Crippen LogP contribution in [0.1, 0.15) is 35.5 Å². The van der Waals surface area contributed by atoms with Gasteiger partial charge in [-0.1, -0.05) is 45.0 Å². The number of aromatic nitrogens is 1. The molecule has 8 heteroatoms.